The molecule has 0 aliphatic rings. The van der Waals surface area contributed by atoms with Gasteiger partial charge in [0.1, 0.15) is 5.82 Å². The van der Waals surface area contributed by atoms with Gasteiger partial charge >= 0.3 is 5.97 Å². The van der Waals surface area contributed by atoms with Crippen LogP contribution in [-0.4, -0.2) is 20.9 Å². The van der Waals surface area contributed by atoms with E-state index in [-0.39, 0.29) is 5.56 Å². The highest BCUT2D eigenvalue weighted by Crippen LogP contribution is 2.24. The molecule has 0 spiro atoms. The molecular weight excluding hydrogens is 211 g/mol. The number of halogens is 1. The van der Waals surface area contributed by atoms with Crippen LogP contribution in [-0.2, 0) is 11.8 Å². The number of nitrogens with zero attached hydrogens (tertiary/aromatic N) is 2. The van der Waals surface area contributed by atoms with Crippen LogP contribution in [0.2, 0.25) is 0 Å². The molecule has 1 aromatic heterocycles. The van der Waals surface area contributed by atoms with Crippen LogP contribution in [0.3, 0.4) is 0 Å². The molecule has 4 nitrogen and oxygen atoms in total. The van der Waals surface area contributed by atoms with E-state index in [2.05, 4.69) is 5.10 Å². The Hall–Kier alpha value is -1.91. The number of aromatic nitrogens is 2. The monoisotopic (exact) mass is 222 g/mol. The molecule has 0 bridgehead atoms. The molecule has 0 saturated heterocycles. The lowest BCUT2D eigenvalue weighted by atomic mass is 9.99. The smallest absolute Gasteiger partial charge is 0.310 e. The molecule has 2 aromatic rings. The molecule has 0 aliphatic carbocycles. The number of aryl methyl sites for hydroxylation is 1. The number of hydrogen-bond acceptors (Lipinski definition) is 2. The summed E-state index contributed by atoms with van der Waals surface area (Å²) in [5.74, 6) is -2.40. The van der Waals surface area contributed by atoms with E-state index in [1.807, 2.05) is 0 Å². The maximum absolute atomic E-state index is 13.7. The second-order valence-corrected chi connectivity index (χ2v) is 3.76. The molecule has 0 fully saturated rings. The lowest BCUT2D eigenvalue weighted by Crippen LogP contribution is -2.09. The van der Waals surface area contributed by atoms with Crippen molar-refractivity contribution in [3.05, 3.63) is 29.7 Å². The summed E-state index contributed by atoms with van der Waals surface area (Å²) in [4.78, 5) is 10.8. The molecule has 0 amide bonds. The Balaban J connectivity index is 2.63. The van der Waals surface area contributed by atoms with E-state index < -0.39 is 17.7 Å². The molecule has 0 aliphatic heterocycles. The van der Waals surface area contributed by atoms with Crippen LogP contribution in [0.5, 0.6) is 0 Å². The lowest BCUT2D eigenvalue weighted by molar-refractivity contribution is -0.138. The third-order valence-corrected chi connectivity index (χ3v) is 2.70. The summed E-state index contributed by atoms with van der Waals surface area (Å²) >= 11 is 0. The Kier molecular flexibility index (Phi) is 2.38. The largest absolute Gasteiger partial charge is 0.481 e. The van der Waals surface area contributed by atoms with Crippen molar-refractivity contribution in [1.29, 1.82) is 0 Å². The summed E-state index contributed by atoms with van der Waals surface area (Å²) in [6.07, 6.45) is 1.59. The number of carboxylic acids is 1. The van der Waals surface area contributed by atoms with E-state index in [9.17, 15) is 9.18 Å². The lowest BCUT2D eigenvalue weighted by Gasteiger charge is -2.08. The molecular formula is C11H11FN2O2. The first-order valence-electron chi connectivity index (χ1n) is 4.84. The van der Waals surface area contributed by atoms with Gasteiger partial charge in [0.2, 0.25) is 0 Å². The minimum absolute atomic E-state index is 0.188. The number of carboxylic acid groups (broad SMARTS) is 1. The van der Waals surface area contributed by atoms with Crippen molar-refractivity contribution in [1.82, 2.24) is 9.78 Å². The van der Waals surface area contributed by atoms with Gasteiger partial charge in [0, 0.05) is 24.1 Å². The Morgan fingerprint density at radius 1 is 1.56 bits per heavy atom. The Morgan fingerprint density at radius 2 is 2.25 bits per heavy atom. The first-order valence-corrected chi connectivity index (χ1v) is 4.84. The van der Waals surface area contributed by atoms with E-state index in [1.54, 1.807) is 17.9 Å². The minimum Gasteiger partial charge on any atom is -0.481 e. The SMILES string of the molecule is CC(C(=O)O)c1cc2cnn(C)c2cc1F. The zero-order valence-corrected chi connectivity index (χ0v) is 8.94. The molecule has 0 saturated carbocycles. The van der Waals surface area contributed by atoms with Crippen molar-refractivity contribution in [2.24, 2.45) is 7.05 Å². The topological polar surface area (TPSA) is 55.1 Å². The van der Waals surface area contributed by atoms with E-state index in [4.69, 9.17) is 5.11 Å². The molecule has 5 heteroatoms. The number of aliphatic carboxylic acids is 1. The normalized spacial score (nSPS) is 12.9. The zero-order valence-electron chi connectivity index (χ0n) is 8.94. The van der Waals surface area contributed by atoms with Gasteiger partial charge in [-0.1, -0.05) is 0 Å². The van der Waals surface area contributed by atoms with Crippen LogP contribution >= 0.6 is 0 Å². The molecule has 1 unspecified atom stereocenters. The summed E-state index contributed by atoms with van der Waals surface area (Å²) in [5.41, 5.74) is 0.840. The number of benzene rings is 1. The van der Waals surface area contributed by atoms with E-state index in [0.29, 0.717) is 5.52 Å². The van der Waals surface area contributed by atoms with Crippen molar-refractivity contribution < 1.29 is 14.3 Å². The van der Waals surface area contributed by atoms with Crippen molar-refractivity contribution in [2.45, 2.75) is 12.8 Å². The third kappa shape index (κ3) is 1.54. The van der Waals surface area contributed by atoms with E-state index in [0.717, 1.165) is 5.39 Å². The highest BCUT2D eigenvalue weighted by Gasteiger charge is 2.19. The fraction of sp³-hybridized carbons (Fsp3) is 0.273. The number of carbonyl (C=O) groups is 1. The fourth-order valence-corrected chi connectivity index (χ4v) is 1.66. The van der Waals surface area contributed by atoms with Crippen molar-refractivity contribution in [3.63, 3.8) is 0 Å². The number of rotatable bonds is 2. The molecule has 1 N–H and O–H groups in total. The first kappa shape index (κ1) is 10.6. The number of fused-ring (bicyclic) bond motifs is 1. The highest BCUT2D eigenvalue weighted by atomic mass is 19.1. The summed E-state index contributed by atoms with van der Waals surface area (Å²) in [5, 5.41) is 13.6. The quantitative estimate of drug-likeness (QED) is 0.844. The Labute approximate surface area is 91.3 Å². The Bertz CT molecular complexity index is 562. The highest BCUT2D eigenvalue weighted by molar-refractivity contribution is 5.83. The van der Waals surface area contributed by atoms with Gasteiger partial charge in [-0.3, -0.25) is 9.48 Å². The van der Waals surface area contributed by atoms with Gasteiger partial charge in [-0.15, -0.1) is 0 Å². The molecule has 16 heavy (non-hydrogen) atoms. The zero-order chi connectivity index (χ0) is 11.9. The summed E-state index contributed by atoms with van der Waals surface area (Å²) < 4.78 is 15.2. The standard InChI is InChI=1S/C11H11FN2O2/c1-6(11(15)16)8-3-7-5-13-14(2)10(7)4-9(8)12/h3-6H,1-2H3,(H,15,16). The number of hydrogen-bond donors (Lipinski definition) is 1. The summed E-state index contributed by atoms with van der Waals surface area (Å²) in [6.45, 7) is 1.46. The second kappa shape index (κ2) is 3.59. The van der Waals surface area contributed by atoms with Crippen LogP contribution in [0.1, 0.15) is 18.4 Å². The van der Waals surface area contributed by atoms with Gasteiger partial charge in [-0.2, -0.15) is 5.10 Å². The predicted octanol–water partition coefficient (Wildman–Crippen LogP) is 1.90. The third-order valence-electron chi connectivity index (χ3n) is 2.70. The maximum atomic E-state index is 13.7. The van der Waals surface area contributed by atoms with Crippen LogP contribution in [0.15, 0.2) is 18.3 Å². The van der Waals surface area contributed by atoms with Crippen LogP contribution in [0, 0.1) is 5.82 Å². The second-order valence-electron chi connectivity index (χ2n) is 3.76. The predicted molar refractivity (Wildman–Crippen MR) is 56.7 cm³/mol. The summed E-state index contributed by atoms with van der Waals surface area (Å²) in [7, 11) is 1.71. The van der Waals surface area contributed by atoms with Crippen LogP contribution < -0.4 is 0 Å². The molecule has 2 rings (SSSR count). The van der Waals surface area contributed by atoms with Crippen LogP contribution in [0.4, 0.5) is 4.39 Å². The fourth-order valence-electron chi connectivity index (χ4n) is 1.66. The summed E-state index contributed by atoms with van der Waals surface area (Å²) in [6, 6.07) is 2.85. The van der Waals surface area contributed by atoms with Crippen molar-refractivity contribution in [2.75, 3.05) is 0 Å². The average Bonchev–Trinajstić information content (AvgIpc) is 2.58. The minimum atomic E-state index is -1.04. The van der Waals surface area contributed by atoms with E-state index in [1.165, 1.54) is 19.1 Å². The molecule has 1 heterocycles. The average molecular weight is 222 g/mol. The molecule has 1 atom stereocenters. The molecule has 84 valence electrons. The van der Waals surface area contributed by atoms with Crippen molar-refractivity contribution in [3.8, 4) is 0 Å². The van der Waals surface area contributed by atoms with Gasteiger partial charge in [-0.25, -0.2) is 4.39 Å². The van der Waals surface area contributed by atoms with Gasteiger partial charge < -0.3 is 5.11 Å². The van der Waals surface area contributed by atoms with Gasteiger partial charge in [0.25, 0.3) is 0 Å². The molecule has 0 radical (unpaired) electrons. The van der Waals surface area contributed by atoms with Gasteiger partial charge in [0.15, 0.2) is 0 Å². The Morgan fingerprint density at radius 3 is 2.88 bits per heavy atom. The van der Waals surface area contributed by atoms with Crippen molar-refractivity contribution >= 4 is 16.9 Å². The first-order chi connectivity index (χ1) is 7.50. The molecule has 1 aromatic carbocycles. The van der Waals surface area contributed by atoms with E-state index >= 15 is 0 Å². The van der Waals surface area contributed by atoms with Gasteiger partial charge in [-0.05, 0) is 13.0 Å². The van der Waals surface area contributed by atoms with Crippen LogP contribution in [0.25, 0.3) is 10.9 Å². The van der Waals surface area contributed by atoms with Gasteiger partial charge in [0.05, 0.1) is 17.6 Å². The maximum Gasteiger partial charge on any atom is 0.310 e.